The predicted octanol–water partition coefficient (Wildman–Crippen LogP) is 10.3. The van der Waals surface area contributed by atoms with Gasteiger partial charge in [-0.1, -0.05) is 74.1 Å². The molecule has 0 aromatic carbocycles. The molecule has 8 N–H and O–H groups in total. The molecule has 1 saturated heterocycles. The molecule has 31 nitrogen and oxygen atoms in total. The van der Waals surface area contributed by atoms with Crippen LogP contribution in [0.25, 0.3) is 0 Å². The normalized spacial score (nSPS) is 16.7. The van der Waals surface area contributed by atoms with Crippen molar-refractivity contribution in [2.45, 2.75) is 137 Å². The van der Waals surface area contributed by atoms with Crippen LogP contribution in [0.4, 0.5) is 47.1 Å². The van der Waals surface area contributed by atoms with Crippen LogP contribution in [-0.4, -0.2) is 165 Å². The maximum absolute atomic E-state index is 13.3. The van der Waals surface area contributed by atoms with Gasteiger partial charge in [-0.15, -0.1) is 0 Å². The molecule has 1 fully saturated rings. The Labute approximate surface area is 658 Å². The molecule has 0 bridgehead atoms. The Morgan fingerprint density at radius 2 is 0.882 bits per heavy atom. The smallest absolute Gasteiger partial charge is 0.223 e. The van der Waals surface area contributed by atoms with Crippen LogP contribution in [-0.2, 0) is 60.9 Å². The number of hydrogen-bond acceptors (Lipinski definition) is 31. The summed E-state index contributed by atoms with van der Waals surface area (Å²) >= 11 is 25.6. The number of Topliss-reactive ketones (excluding diaryl/α,β-unsaturated/α-hetero) is 4. The van der Waals surface area contributed by atoms with Gasteiger partial charge >= 0.3 is 0 Å². The molecule has 5 aliphatic heterocycles. The molecule has 2 unspecified atom stereocenters. The number of nitrogen functional groups attached to an aromatic ring is 4. The second-order valence-corrected chi connectivity index (χ2v) is 29.9. The van der Waals surface area contributed by atoms with Crippen molar-refractivity contribution in [2.75, 3.05) is 125 Å². The third-order valence-corrected chi connectivity index (χ3v) is 21.2. The average Bonchev–Trinajstić information content (AvgIpc) is 0.731. The van der Waals surface area contributed by atoms with Crippen LogP contribution in [0.2, 0.25) is 20.6 Å². The van der Waals surface area contributed by atoms with Crippen molar-refractivity contribution < 1.29 is 52.3 Å². The molecule has 0 aliphatic carbocycles. The lowest BCUT2D eigenvalue weighted by molar-refractivity contribution is -0.127. The molecule has 35 heteroatoms. The highest BCUT2D eigenvalue weighted by molar-refractivity contribution is 6.32. The van der Waals surface area contributed by atoms with Crippen molar-refractivity contribution in [3.63, 3.8) is 0 Å². The van der Waals surface area contributed by atoms with E-state index in [0.717, 1.165) is 45.1 Å². The van der Waals surface area contributed by atoms with E-state index in [1.807, 2.05) is 70.1 Å². The fraction of sp³-hybridized carbons (Fsp3) is 0.467. The minimum atomic E-state index is -0.790. The summed E-state index contributed by atoms with van der Waals surface area (Å²) in [6.07, 6.45) is 8.53. The summed E-state index contributed by atoms with van der Waals surface area (Å²) in [4.78, 5) is 111. The molecular weight excluding hydrogens is 1500 g/mol. The number of anilines is 8. The van der Waals surface area contributed by atoms with E-state index >= 15 is 0 Å². The fourth-order valence-electron chi connectivity index (χ4n) is 14.5. The predicted molar refractivity (Wildman–Crippen MR) is 420 cm³/mol. The van der Waals surface area contributed by atoms with Crippen LogP contribution in [0.3, 0.4) is 0 Å². The van der Waals surface area contributed by atoms with E-state index in [1.165, 1.54) is 0 Å². The molecule has 0 saturated carbocycles. The van der Waals surface area contributed by atoms with Crippen LogP contribution >= 0.6 is 46.4 Å². The summed E-state index contributed by atoms with van der Waals surface area (Å²) < 4.78 is 37.6. The van der Waals surface area contributed by atoms with Crippen molar-refractivity contribution >= 4 is 117 Å². The molecule has 586 valence electrons. The maximum Gasteiger partial charge on any atom is 0.223 e. The van der Waals surface area contributed by atoms with E-state index in [4.69, 9.17) is 102 Å². The van der Waals surface area contributed by atoms with Crippen molar-refractivity contribution in [3.05, 3.63) is 125 Å². The molecule has 2 atom stereocenters. The standard InChI is InChI=1S/C20H24ClN5O3.C20H26ClN5O2.C18H22ClN5O3.C17H20ClN5O3/c1-11-8-23-13(12(2)16(11)28-3)9-26-10-14(27)20(4-6-29-7-5-20)15-17(21)24-19(22)25-18(15)26;1-10(2)6-13-15(27)9-26(19-16(13)18(21)24-20(22)25-19)8-14-12(4)17(28-5)11(3)7-23-14;1-9(2)14-11(25)8-24(17-15(14)16(19)22-18(20)23-17)7-10-5-12(26-3)13(27-4)6-21-10;1-17(2)12(24)8-23(15-13(17)14(18)21-16(19)22-15)7-9-5-10(25-3)11(26-4)6-20-9/h8H,4-7,9-10H2,1-3H3,(H2,22,24,25);7,10,13H,6,8-9H2,1-5H3,(H2,22,24,25);5-6,9,14H,7-8H2,1-4H3,(H2,20,22,23);5-6H,7-8H2,1-4H3,(H2,19,21,22). The van der Waals surface area contributed by atoms with E-state index in [2.05, 4.69) is 73.7 Å². The number of fused-ring (bicyclic) bond motifs is 5. The van der Waals surface area contributed by atoms with Gasteiger partial charge < -0.3 is 75.7 Å². The number of ketones is 4. The molecule has 0 radical (unpaired) electrons. The highest BCUT2D eigenvalue weighted by Crippen LogP contribution is 2.49. The summed E-state index contributed by atoms with van der Waals surface area (Å²) in [7, 11) is 9.49. The molecule has 1 spiro atoms. The first kappa shape index (κ1) is 82.4. The number of hydrogen-bond donors (Lipinski definition) is 4. The second-order valence-electron chi connectivity index (χ2n) is 28.4. The summed E-state index contributed by atoms with van der Waals surface area (Å²) in [5.74, 6) is 6.43. The van der Waals surface area contributed by atoms with Crippen LogP contribution in [0.15, 0.2) is 36.9 Å². The number of halogens is 4. The summed E-state index contributed by atoms with van der Waals surface area (Å²) in [6.45, 7) is 22.8. The fourth-order valence-corrected chi connectivity index (χ4v) is 15.9. The van der Waals surface area contributed by atoms with Gasteiger partial charge in [0.25, 0.3) is 0 Å². The first-order valence-electron chi connectivity index (χ1n) is 35.4. The number of nitrogens with zero attached hydrogens (tertiary/aromatic N) is 16. The highest BCUT2D eigenvalue weighted by atomic mass is 35.5. The molecule has 0 amide bonds. The topological polar surface area (TPSA) is 405 Å². The number of carbonyl (C=O) groups excluding carboxylic acids is 4. The summed E-state index contributed by atoms with van der Waals surface area (Å²) in [5, 5.41) is 0.890. The van der Waals surface area contributed by atoms with Gasteiger partial charge in [-0.25, -0.2) is 19.9 Å². The Morgan fingerprint density at radius 1 is 0.482 bits per heavy atom. The van der Waals surface area contributed by atoms with Crippen LogP contribution < -0.4 is 71.0 Å². The van der Waals surface area contributed by atoms with Gasteiger partial charge in [0.1, 0.15) is 55.4 Å². The van der Waals surface area contributed by atoms with Gasteiger partial charge in [0.05, 0.1) is 153 Å². The molecule has 8 aromatic rings. The van der Waals surface area contributed by atoms with Gasteiger partial charge in [0, 0.05) is 82.2 Å². The van der Waals surface area contributed by atoms with Crippen LogP contribution in [0, 0.1) is 39.5 Å². The number of methoxy groups -OCH3 is 6. The Hall–Kier alpha value is -10.1. The Bertz CT molecular complexity index is 4820. The molecule has 110 heavy (non-hydrogen) atoms. The lowest BCUT2D eigenvalue weighted by Gasteiger charge is -2.44. The quantitative estimate of drug-likeness (QED) is 0.0615. The number of ether oxygens (including phenoxy) is 7. The van der Waals surface area contributed by atoms with Crippen molar-refractivity contribution in [2.24, 2.45) is 11.8 Å². The van der Waals surface area contributed by atoms with Gasteiger partial charge in [-0.3, -0.25) is 39.1 Å². The SMILES string of the molecule is COc1c(C)cnc(CN2CC(=O)C(CC(C)C)c3c(Cl)nc(N)nc32)c1C.COc1c(C)cnc(CN2CC(=O)C3(CCOCC3)c3c(Cl)nc(N)nc32)c1C.COc1cnc(CN2CC(=O)C(C(C)C)c3c(Cl)nc(N)nc32)cc1OC.COc1cnc(CN2CC(=O)C(C)(C)c3c(Cl)nc(N)nc32)cc1OC. The van der Waals surface area contributed by atoms with E-state index in [1.54, 1.807) is 84.5 Å². The zero-order chi connectivity index (χ0) is 80.1. The van der Waals surface area contributed by atoms with E-state index < -0.39 is 10.8 Å². The minimum absolute atomic E-state index is 0.0146. The second kappa shape index (κ2) is 34.5. The van der Waals surface area contributed by atoms with Crippen molar-refractivity contribution in [1.82, 2.24) is 59.8 Å². The van der Waals surface area contributed by atoms with Crippen LogP contribution in [0.1, 0.15) is 140 Å². The Balaban J connectivity index is 0.000000156. The number of pyridine rings is 4. The zero-order valence-electron chi connectivity index (χ0n) is 64.4. The highest BCUT2D eigenvalue weighted by Gasteiger charge is 2.50. The largest absolute Gasteiger partial charge is 0.496 e. The average molecular weight is 1590 g/mol. The third kappa shape index (κ3) is 17.1. The van der Waals surface area contributed by atoms with E-state index in [0.29, 0.717) is 144 Å². The first-order chi connectivity index (χ1) is 52.2. The molecule has 13 heterocycles. The lowest BCUT2D eigenvalue weighted by Crippen LogP contribution is -2.52. The lowest BCUT2D eigenvalue weighted by atomic mass is 9.69. The van der Waals surface area contributed by atoms with Gasteiger partial charge in [0.2, 0.25) is 23.8 Å². The number of aromatic nitrogens is 12. The van der Waals surface area contributed by atoms with E-state index in [-0.39, 0.29) is 111 Å². The zero-order valence-corrected chi connectivity index (χ0v) is 67.5. The van der Waals surface area contributed by atoms with Crippen molar-refractivity contribution in [1.29, 1.82) is 0 Å². The third-order valence-electron chi connectivity index (χ3n) is 20.1. The maximum atomic E-state index is 13.3. The van der Waals surface area contributed by atoms with Gasteiger partial charge in [-0.05, 0) is 72.6 Å². The summed E-state index contributed by atoms with van der Waals surface area (Å²) in [6, 6.07) is 3.53. The monoisotopic (exact) mass is 1590 g/mol. The molecule has 8 aromatic heterocycles. The Morgan fingerprint density at radius 3 is 1.35 bits per heavy atom. The number of nitrogens with two attached hydrogens (primary N) is 4. The molecule has 5 aliphatic rings. The first-order valence-corrected chi connectivity index (χ1v) is 36.9. The number of rotatable bonds is 17. The number of carbonyl (C=O) groups is 4. The van der Waals surface area contributed by atoms with Crippen LogP contribution in [0.5, 0.6) is 34.5 Å². The van der Waals surface area contributed by atoms with Gasteiger partial charge in [0.15, 0.2) is 46.1 Å². The number of aryl methyl sites for hydroxylation is 2. The summed E-state index contributed by atoms with van der Waals surface area (Å²) in [5.41, 5.74) is 31.2. The van der Waals surface area contributed by atoms with E-state index in [9.17, 15) is 19.2 Å². The molecule has 13 rings (SSSR count). The van der Waals surface area contributed by atoms with Gasteiger partial charge in [-0.2, -0.15) is 19.9 Å². The Kier molecular flexibility index (Phi) is 25.8. The minimum Gasteiger partial charge on any atom is -0.496 e. The molecular formula is C75H92Cl4N20O11. The van der Waals surface area contributed by atoms with Crippen molar-refractivity contribution in [3.8, 4) is 34.5 Å².